The third-order valence-corrected chi connectivity index (χ3v) is 11.2. The Bertz CT molecular complexity index is 3510. The van der Waals surface area contributed by atoms with E-state index >= 15 is 0 Å². The molecule has 0 amide bonds. The van der Waals surface area contributed by atoms with Crippen molar-refractivity contribution in [1.82, 2.24) is 24.1 Å². The van der Waals surface area contributed by atoms with Crippen LogP contribution in [0.1, 0.15) is 0 Å². The summed E-state index contributed by atoms with van der Waals surface area (Å²) in [4.78, 5) is 15.8. The Morgan fingerprint density at radius 2 is 0.807 bits per heavy atom. The van der Waals surface area contributed by atoms with Crippen molar-refractivity contribution in [1.29, 1.82) is 0 Å². The predicted molar refractivity (Wildman–Crippen MR) is 232 cm³/mol. The lowest BCUT2D eigenvalue weighted by Gasteiger charge is -2.13. The van der Waals surface area contributed by atoms with Crippen molar-refractivity contribution in [2.24, 2.45) is 0 Å². The quantitative estimate of drug-likeness (QED) is 0.177. The van der Waals surface area contributed by atoms with Crippen LogP contribution in [0.4, 0.5) is 0 Å². The number of fused-ring (bicyclic) bond motifs is 10. The summed E-state index contributed by atoms with van der Waals surface area (Å²) in [6.45, 7) is 0. The number of para-hydroxylation sites is 3. The van der Waals surface area contributed by atoms with Gasteiger partial charge >= 0.3 is 0 Å². The van der Waals surface area contributed by atoms with E-state index in [-0.39, 0.29) is 0 Å². The number of furan rings is 1. The first-order valence-corrected chi connectivity index (χ1v) is 19.1. The zero-order valence-electron chi connectivity index (χ0n) is 30.5. The SMILES string of the molecule is c1ccc(-c2ccc3c(c2)oc2cc(-c4nc(-c5ccccc5)nc(-n5c6ccccc6c6ccc7c8ccccc8n(-c8ccccc8)c7c65)n4)ccc23)cc1. The van der Waals surface area contributed by atoms with Crippen LogP contribution in [0.3, 0.4) is 0 Å². The second kappa shape index (κ2) is 12.3. The Hall–Kier alpha value is -7.83. The van der Waals surface area contributed by atoms with Crippen molar-refractivity contribution in [2.75, 3.05) is 0 Å². The van der Waals surface area contributed by atoms with E-state index in [4.69, 9.17) is 19.4 Å². The first kappa shape index (κ1) is 31.5. The summed E-state index contributed by atoms with van der Waals surface area (Å²) in [6, 6.07) is 65.5. The summed E-state index contributed by atoms with van der Waals surface area (Å²) in [7, 11) is 0. The van der Waals surface area contributed by atoms with Crippen molar-refractivity contribution in [3.63, 3.8) is 0 Å². The molecule has 0 fully saturated rings. The van der Waals surface area contributed by atoms with Gasteiger partial charge in [0.05, 0.1) is 22.1 Å². The second-order valence-corrected chi connectivity index (χ2v) is 14.4. The standard InChI is InChI=1S/C51H31N5O/c1-4-14-32(15-5-1)34-24-26-39-40-27-25-35(31-46(40)57-45(39)30-34)50-52-49(33-16-6-2-7-17-33)53-51(54-50)56-44-23-13-11-21-38(44)42-29-28-41-37-20-10-12-22-43(37)55(47(41)48(42)56)36-18-8-3-9-19-36/h1-31H. The van der Waals surface area contributed by atoms with Gasteiger partial charge in [-0.1, -0.05) is 140 Å². The first-order valence-electron chi connectivity index (χ1n) is 19.1. The maximum atomic E-state index is 6.56. The molecule has 4 aromatic heterocycles. The van der Waals surface area contributed by atoms with Gasteiger partial charge in [-0.2, -0.15) is 9.97 Å². The zero-order chi connectivity index (χ0) is 37.5. The maximum Gasteiger partial charge on any atom is 0.238 e. The fourth-order valence-corrected chi connectivity index (χ4v) is 8.59. The van der Waals surface area contributed by atoms with E-state index in [9.17, 15) is 0 Å². The van der Waals surface area contributed by atoms with Crippen LogP contribution in [0.2, 0.25) is 0 Å². The van der Waals surface area contributed by atoms with Gasteiger partial charge in [0.25, 0.3) is 0 Å². The van der Waals surface area contributed by atoms with Gasteiger partial charge in [0.15, 0.2) is 11.6 Å². The lowest BCUT2D eigenvalue weighted by Crippen LogP contribution is -2.07. The van der Waals surface area contributed by atoms with E-state index in [0.29, 0.717) is 17.6 Å². The molecule has 57 heavy (non-hydrogen) atoms. The molecule has 12 rings (SSSR count). The average molecular weight is 730 g/mol. The number of benzene rings is 8. The van der Waals surface area contributed by atoms with E-state index in [1.54, 1.807) is 0 Å². The number of hydrogen-bond donors (Lipinski definition) is 0. The highest BCUT2D eigenvalue weighted by molar-refractivity contribution is 6.23. The highest BCUT2D eigenvalue weighted by atomic mass is 16.3. The largest absolute Gasteiger partial charge is 0.456 e. The van der Waals surface area contributed by atoms with E-state index in [1.807, 2.05) is 36.4 Å². The molecule has 0 aliphatic rings. The third-order valence-electron chi connectivity index (χ3n) is 11.2. The summed E-state index contributed by atoms with van der Waals surface area (Å²) in [6.07, 6.45) is 0. The monoisotopic (exact) mass is 729 g/mol. The highest BCUT2D eigenvalue weighted by Gasteiger charge is 2.23. The lowest BCUT2D eigenvalue weighted by atomic mass is 10.0. The van der Waals surface area contributed by atoms with Crippen LogP contribution < -0.4 is 0 Å². The number of rotatable bonds is 5. The Balaban J connectivity index is 1.14. The molecule has 12 aromatic rings. The fourth-order valence-electron chi connectivity index (χ4n) is 8.59. The molecule has 0 saturated carbocycles. The Labute approximate surface area is 326 Å². The van der Waals surface area contributed by atoms with Crippen LogP contribution in [0.5, 0.6) is 0 Å². The Morgan fingerprint density at radius 1 is 0.333 bits per heavy atom. The van der Waals surface area contributed by atoms with Gasteiger partial charge < -0.3 is 8.98 Å². The van der Waals surface area contributed by atoms with Gasteiger partial charge in [0.2, 0.25) is 5.95 Å². The smallest absolute Gasteiger partial charge is 0.238 e. The fraction of sp³-hybridized carbons (Fsp3) is 0. The summed E-state index contributed by atoms with van der Waals surface area (Å²) in [5.41, 5.74) is 11.0. The van der Waals surface area contributed by atoms with Crippen LogP contribution in [0.15, 0.2) is 192 Å². The minimum absolute atomic E-state index is 0.541. The van der Waals surface area contributed by atoms with Crippen molar-refractivity contribution in [3.8, 4) is 45.5 Å². The zero-order valence-corrected chi connectivity index (χ0v) is 30.5. The Morgan fingerprint density at radius 3 is 1.46 bits per heavy atom. The number of aromatic nitrogens is 5. The molecule has 0 saturated heterocycles. The summed E-state index contributed by atoms with van der Waals surface area (Å²) >= 11 is 0. The molecule has 4 heterocycles. The molecule has 0 spiro atoms. The summed E-state index contributed by atoms with van der Waals surface area (Å²) < 4.78 is 11.2. The van der Waals surface area contributed by atoms with Gasteiger partial charge in [-0.15, -0.1) is 0 Å². The average Bonchev–Trinajstić information content (AvgIpc) is 3.94. The second-order valence-electron chi connectivity index (χ2n) is 14.4. The molecule has 0 N–H and O–H groups in total. The minimum Gasteiger partial charge on any atom is -0.456 e. The molecule has 0 aliphatic carbocycles. The lowest BCUT2D eigenvalue weighted by molar-refractivity contribution is 0.669. The molecule has 0 atom stereocenters. The Kier molecular flexibility index (Phi) is 6.83. The summed E-state index contributed by atoms with van der Waals surface area (Å²) in [5.74, 6) is 1.70. The van der Waals surface area contributed by atoms with Crippen LogP contribution in [-0.4, -0.2) is 24.1 Å². The molecular weight excluding hydrogens is 699 g/mol. The van der Waals surface area contributed by atoms with Crippen LogP contribution >= 0.6 is 0 Å². The van der Waals surface area contributed by atoms with Crippen molar-refractivity contribution in [3.05, 3.63) is 188 Å². The van der Waals surface area contributed by atoms with Gasteiger partial charge in [-0.25, -0.2) is 4.98 Å². The van der Waals surface area contributed by atoms with E-state index in [1.165, 1.54) is 5.39 Å². The van der Waals surface area contributed by atoms with E-state index in [2.05, 4.69) is 161 Å². The first-order chi connectivity index (χ1) is 28.3. The molecule has 8 aromatic carbocycles. The van der Waals surface area contributed by atoms with E-state index in [0.717, 1.165) is 88.1 Å². The topological polar surface area (TPSA) is 61.7 Å². The third kappa shape index (κ3) is 4.87. The molecular formula is C51H31N5O. The molecule has 0 radical (unpaired) electrons. The molecule has 0 aliphatic heterocycles. The van der Waals surface area contributed by atoms with Crippen LogP contribution in [-0.2, 0) is 0 Å². The van der Waals surface area contributed by atoms with Crippen molar-refractivity contribution in [2.45, 2.75) is 0 Å². The van der Waals surface area contributed by atoms with Gasteiger partial charge in [0, 0.05) is 49.1 Å². The molecule has 6 nitrogen and oxygen atoms in total. The molecule has 266 valence electrons. The van der Waals surface area contributed by atoms with Crippen molar-refractivity contribution >= 4 is 65.6 Å². The molecule has 0 bridgehead atoms. The van der Waals surface area contributed by atoms with Gasteiger partial charge in [0.1, 0.15) is 11.2 Å². The van der Waals surface area contributed by atoms with E-state index < -0.39 is 0 Å². The highest BCUT2D eigenvalue weighted by Crippen LogP contribution is 2.42. The number of nitrogens with zero attached hydrogens (tertiary/aromatic N) is 5. The van der Waals surface area contributed by atoms with Crippen molar-refractivity contribution < 1.29 is 4.42 Å². The molecule has 0 unspecified atom stereocenters. The molecule has 6 heteroatoms. The number of hydrogen-bond acceptors (Lipinski definition) is 4. The van der Waals surface area contributed by atoms with Crippen LogP contribution in [0.25, 0.3) is 111 Å². The maximum absolute atomic E-state index is 6.56. The van der Waals surface area contributed by atoms with Gasteiger partial charge in [-0.3, -0.25) is 4.57 Å². The minimum atomic E-state index is 0.541. The normalized spacial score (nSPS) is 11.9. The van der Waals surface area contributed by atoms with Gasteiger partial charge in [-0.05, 0) is 59.7 Å². The predicted octanol–water partition coefficient (Wildman–Crippen LogP) is 13.0. The summed E-state index contributed by atoms with van der Waals surface area (Å²) in [5, 5.41) is 6.71. The van der Waals surface area contributed by atoms with Crippen LogP contribution in [0, 0.1) is 0 Å².